The lowest BCUT2D eigenvalue weighted by atomic mass is 9.98. The van der Waals surface area contributed by atoms with Gasteiger partial charge in [-0.05, 0) is 37.2 Å². The first-order chi connectivity index (χ1) is 10.1. The second kappa shape index (κ2) is 5.22. The first kappa shape index (κ1) is 13.6. The van der Waals surface area contributed by atoms with Crippen molar-refractivity contribution in [2.45, 2.75) is 13.0 Å². The van der Waals surface area contributed by atoms with Crippen LogP contribution in [-0.4, -0.2) is 11.6 Å². The van der Waals surface area contributed by atoms with Crippen LogP contribution >= 0.6 is 0 Å². The Morgan fingerprint density at radius 1 is 1.10 bits per heavy atom. The van der Waals surface area contributed by atoms with Crippen molar-refractivity contribution in [2.24, 2.45) is 7.05 Å². The van der Waals surface area contributed by atoms with E-state index in [1.807, 2.05) is 25.2 Å². The Labute approximate surface area is 123 Å². The highest BCUT2D eigenvalue weighted by Crippen LogP contribution is 2.25. The van der Waals surface area contributed by atoms with E-state index in [4.69, 9.17) is 4.42 Å². The van der Waals surface area contributed by atoms with Gasteiger partial charge in [-0.2, -0.15) is 0 Å². The number of aryl methyl sites for hydroxylation is 2. The molecule has 0 saturated heterocycles. The van der Waals surface area contributed by atoms with Crippen molar-refractivity contribution in [3.05, 3.63) is 69.7 Å². The molecule has 0 bridgehead atoms. The third-order valence-corrected chi connectivity index (χ3v) is 3.85. The van der Waals surface area contributed by atoms with Gasteiger partial charge in [0.2, 0.25) is 0 Å². The van der Waals surface area contributed by atoms with Crippen LogP contribution in [0.15, 0.2) is 51.7 Å². The molecule has 0 aliphatic rings. The molecule has 0 amide bonds. The molecule has 108 valence electrons. The van der Waals surface area contributed by atoms with Gasteiger partial charge in [-0.25, -0.2) is 4.79 Å². The first-order valence-corrected chi connectivity index (χ1v) is 6.93. The Kier molecular flexibility index (Phi) is 3.39. The van der Waals surface area contributed by atoms with E-state index in [0.717, 1.165) is 11.1 Å². The predicted octanol–water partition coefficient (Wildman–Crippen LogP) is 2.75. The molecule has 4 heteroatoms. The van der Waals surface area contributed by atoms with E-state index >= 15 is 0 Å². The molecule has 1 atom stereocenters. The van der Waals surface area contributed by atoms with Gasteiger partial charge in [-0.15, -0.1) is 0 Å². The van der Waals surface area contributed by atoms with Crippen molar-refractivity contribution in [2.75, 3.05) is 7.05 Å². The Morgan fingerprint density at radius 2 is 1.76 bits per heavy atom. The summed E-state index contributed by atoms with van der Waals surface area (Å²) >= 11 is 0. The molecule has 21 heavy (non-hydrogen) atoms. The van der Waals surface area contributed by atoms with Gasteiger partial charge in [0, 0.05) is 7.05 Å². The number of hydrogen-bond acceptors (Lipinski definition) is 3. The quantitative estimate of drug-likeness (QED) is 0.803. The molecule has 1 heterocycles. The molecule has 2 aromatic carbocycles. The van der Waals surface area contributed by atoms with E-state index < -0.39 is 0 Å². The van der Waals surface area contributed by atoms with Gasteiger partial charge in [0.1, 0.15) is 0 Å². The normalized spacial score (nSPS) is 12.7. The molecule has 1 unspecified atom stereocenters. The summed E-state index contributed by atoms with van der Waals surface area (Å²) in [5.74, 6) is -0.335. The summed E-state index contributed by atoms with van der Waals surface area (Å²) in [4.78, 5) is 11.6. The second-order valence-electron chi connectivity index (χ2n) is 5.29. The minimum atomic E-state index is -0.335. The SMILES string of the molecule is CNC(c1ccc(C)cc1)c1ccc2c(c1)oc(=O)n2C. The topological polar surface area (TPSA) is 47.2 Å². The van der Waals surface area contributed by atoms with Crippen LogP contribution < -0.4 is 11.1 Å². The summed E-state index contributed by atoms with van der Waals surface area (Å²) < 4.78 is 6.78. The van der Waals surface area contributed by atoms with Crippen molar-refractivity contribution in [3.63, 3.8) is 0 Å². The minimum absolute atomic E-state index is 0.0699. The fraction of sp³-hybridized carbons (Fsp3) is 0.235. The number of oxazole rings is 1. The lowest BCUT2D eigenvalue weighted by molar-refractivity contribution is 0.527. The molecule has 0 aliphatic heterocycles. The Morgan fingerprint density at radius 3 is 2.43 bits per heavy atom. The largest absolute Gasteiger partial charge is 0.419 e. The molecular formula is C17H18N2O2. The molecule has 3 rings (SSSR count). The molecular weight excluding hydrogens is 264 g/mol. The van der Waals surface area contributed by atoms with Crippen LogP contribution in [0.5, 0.6) is 0 Å². The van der Waals surface area contributed by atoms with Crippen LogP contribution in [0.1, 0.15) is 22.7 Å². The van der Waals surface area contributed by atoms with Crippen molar-refractivity contribution in [3.8, 4) is 0 Å². The van der Waals surface area contributed by atoms with Crippen LogP contribution in [0.25, 0.3) is 11.1 Å². The van der Waals surface area contributed by atoms with Crippen LogP contribution in [0, 0.1) is 6.92 Å². The molecule has 0 fully saturated rings. The molecule has 0 saturated carbocycles. The zero-order chi connectivity index (χ0) is 15.0. The van der Waals surface area contributed by atoms with E-state index in [2.05, 4.69) is 36.5 Å². The zero-order valence-electron chi connectivity index (χ0n) is 12.4. The average Bonchev–Trinajstić information content (AvgIpc) is 2.77. The Hall–Kier alpha value is -2.33. The summed E-state index contributed by atoms with van der Waals surface area (Å²) in [6.45, 7) is 2.07. The van der Waals surface area contributed by atoms with E-state index in [1.54, 1.807) is 7.05 Å². The number of benzene rings is 2. The lowest BCUT2D eigenvalue weighted by Crippen LogP contribution is -2.17. The monoisotopic (exact) mass is 282 g/mol. The Balaban J connectivity index is 2.08. The number of nitrogens with one attached hydrogen (secondary N) is 1. The highest BCUT2D eigenvalue weighted by Gasteiger charge is 2.14. The average molecular weight is 282 g/mol. The fourth-order valence-corrected chi connectivity index (χ4v) is 2.61. The number of aromatic nitrogens is 1. The maximum Gasteiger partial charge on any atom is 0.419 e. The first-order valence-electron chi connectivity index (χ1n) is 6.93. The number of fused-ring (bicyclic) bond motifs is 1. The third-order valence-electron chi connectivity index (χ3n) is 3.85. The minimum Gasteiger partial charge on any atom is -0.408 e. The zero-order valence-corrected chi connectivity index (χ0v) is 12.4. The van der Waals surface area contributed by atoms with Gasteiger partial charge in [0.05, 0.1) is 11.6 Å². The van der Waals surface area contributed by atoms with Crippen LogP contribution in [0.4, 0.5) is 0 Å². The van der Waals surface area contributed by atoms with Crippen LogP contribution in [0.2, 0.25) is 0 Å². The molecule has 0 spiro atoms. The second-order valence-corrected chi connectivity index (χ2v) is 5.29. The molecule has 4 nitrogen and oxygen atoms in total. The van der Waals surface area contributed by atoms with Gasteiger partial charge in [-0.1, -0.05) is 35.9 Å². The highest BCUT2D eigenvalue weighted by molar-refractivity contribution is 5.74. The van der Waals surface area contributed by atoms with Gasteiger partial charge in [0.25, 0.3) is 0 Å². The van der Waals surface area contributed by atoms with E-state index in [1.165, 1.54) is 15.7 Å². The van der Waals surface area contributed by atoms with Gasteiger partial charge >= 0.3 is 5.76 Å². The van der Waals surface area contributed by atoms with Crippen LogP contribution in [0.3, 0.4) is 0 Å². The number of rotatable bonds is 3. The fourth-order valence-electron chi connectivity index (χ4n) is 2.61. The maximum absolute atomic E-state index is 11.6. The summed E-state index contributed by atoms with van der Waals surface area (Å²) in [5, 5.41) is 3.31. The lowest BCUT2D eigenvalue weighted by Gasteiger charge is -2.17. The summed E-state index contributed by atoms with van der Waals surface area (Å²) in [6, 6.07) is 14.4. The van der Waals surface area contributed by atoms with Crippen molar-refractivity contribution in [1.82, 2.24) is 9.88 Å². The van der Waals surface area contributed by atoms with Gasteiger partial charge < -0.3 is 9.73 Å². The third kappa shape index (κ3) is 2.38. The number of nitrogens with zero attached hydrogens (tertiary/aromatic N) is 1. The Bertz CT molecular complexity index is 828. The van der Waals surface area contributed by atoms with E-state index in [0.29, 0.717) is 5.58 Å². The maximum atomic E-state index is 11.6. The molecule has 3 aromatic rings. The molecule has 0 radical (unpaired) electrons. The van der Waals surface area contributed by atoms with Crippen molar-refractivity contribution >= 4 is 11.1 Å². The van der Waals surface area contributed by atoms with Crippen molar-refractivity contribution in [1.29, 1.82) is 0 Å². The van der Waals surface area contributed by atoms with Crippen molar-refractivity contribution < 1.29 is 4.42 Å². The molecule has 0 aliphatic carbocycles. The summed E-state index contributed by atoms with van der Waals surface area (Å²) in [7, 11) is 3.64. The summed E-state index contributed by atoms with van der Waals surface area (Å²) in [5.41, 5.74) is 4.91. The highest BCUT2D eigenvalue weighted by atomic mass is 16.4. The number of hydrogen-bond donors (Lipinski definition) is 1. The van der Waals surface area contributed by atoms with E-state index in [9.17, 15) is 4.79 Å². The van der Waals surface area contributed by atoms with E-state index in [-0.39, 0.29) is 11.8 Å². The summed E-state index contributed by atoms with van der Waals surface area (Å²) in [6.07, 6.45) is 0. The predicted molar refractivity (Wildman–Crippen MR) is 83.5 cm³/mol. The molecule has 1 aromatic heterocycles. The molecule has 1 N–H and O–H groups in total. The van der Waals surface area contributed by atoms with Gasteiger partial charge in [-0.3, -0.25) is 4.57 Å². The smallest absolute Gasteiger partial charge is 0.408 e. The van der Waals surface area contributed by atoms with Crippen LogP contribution in [-0.2, 0) is 7.05 Å². The standard InChI is InChI=1S/C17H18N2O2/c1-11-4-6-12(7-5-11)16(18-2)13-8-9-14-15(10-13)21-17(20)19(14)3/h4-10,16,18H,1-3H3. The van der Waals surface area contributed by atoms with Gasteiger partial charge in [0.15, 0.2) is 5.58 Å².